The van der Waals surface area contributed by atoms with E-state index in [-0.39, 0.29) is 37.6 Å². The Hall–Kier alpha value is -3.53. The van der Waals surface area contributed by atoms with Crippen LogP contribution in [0.15, 0.2) is 30.5 Å². The number of ketones is 1. The molecule has 2 aromatic rings. The number of Topliss-reactive ketones (excluding diaryl/α,β-unsaturated/α-hetero) is 1. The summed E-state index contributed by atoms with van der Waals surface area (Å²) in [6.45, 7) is 0.382. The number of hydrogen-bond donors (Lipinski definition) is 6. The van der Waals surface area contributed by atoms with Crippen LogP contribution in [-0.2, 0) is 25.6 Å². The second kappa shape index (κ2) is 9.98. The molecule has 0 bridgehead atoms. The quantitative estimate of drug-likeness (QED) is 0.279. The topological polar surface area (TPSA) is 164 Å². The van der Waals surface area contributed by atoms with Gasteiger partial charge in [0.25, 0.3) is 0 Å². The number of carboxylic acid groups (broad SMARTS) is 1. The predicted octanol–water partition coefficient (Wildman–Crippen LogP) is 0.125. The van der Waals surface area contributed by atoms with Crippen LogP contribution in [0.1, 0.15) is 24.8 Å². The molecular formula is C21H25N5O5. The number of aromatic nitrogens is 1. The maximum absolute atomic E-state index is 13.0. The van der Waals surface area contributed by atoms with Gasteiger partial charge in [0.1, 0.15) is 6.04 Å². The first-order valence-electron chi connectivity index (χ1n) is 10.0. The predicted molar refractivity (Wildman–Crippen MR) is 113 cm³/mol. The summed E-state index contributed by atoms with van der Waals surface area (Å²) in [5, 5.41) is 25.7. The van der Waals surface area contributed by atoms with E-state index in [9.17, 15) is 24.3 Å². The van der Waals surface area contributed by atoms with E-state index < -0.39 is 29.7 Å². The van der Waals surface area contributed by atoms with Gasteiger partial charge < -0.3 is 31.5 Å². The third-order valence-electron chi connectivity index (χ3n) is 5.28. The van der Waals surface area contributed by atoms with Crippen molar-refractivity contribution in [3.05, 3.63) is 36.0 Å². The third-order valence-corrected chi connectivity index (χ3v) is 5.28. The Labute approximate surface area is 178 Å². The van der Waals surface area contributed by atoms with Gasteiger partial charge in [-0.1, -0.05) is 18.2 Å². The molecule has 0 aliphatic carbocycles. The van der Waals surface area contributed by atoms with Crippen LogP contribution >= 0.6 is 0 Å². The Morgan fingerprint density at radius 1 is 1.26 bits per heavy atom. The zero-order valence-corrected chi connectivity index (χ0v) is 16.8. The minimum absolute atomic E-state index is 0.113. The van der Waals surface area contributed by atoms with Gasteiger partial charge in [-0.2, -0.15) is 0 Å². The van der Waals surface area contributed by atoms with Crippen molar-refractivity contribution in [3.63, 3.8) is 0 Å². The standard InChI is InChI=1S/C21H25N5O5/c22-9-14(27)5-6-17(21(30)31)26-20(29)18(25-13-8-19(28)24-11-13)7-12-10-23-16-4-2-1-3-15(12)16/h1-4,9-10,13,17-18,22-23,25H,5-8,11H2,(H,24,28)(H,26,29)(H,30,31)/t13?,17-,18-/m0/s1. The van der Waals surface area contributed by atoms with Crippen LogP contribution in [0.4, 0.5) is 0 Å². The van der Waals surface area contributed by atoms with Crippen molar-refractivity contribution in [2.45, 2.75) is 43.8 Å². The van der Waals surface area contributed by atoms with Crippen LogP contribution in [0.2, 0.25) is 0 Å². The Morgan fingerprint density at radius 2 is 2.03 bits per heavy atom. The van der Waals surface area contributed by atoms with Gasteiger partial charge in [-0.25, -0.2) is 4.79 Å². The van der Waals surface area contributed by atoms with Crippen molar-refractivity contribution >= 4 is 40.7 Å². The van der Waals surface area contributed by atoms with Gasteiger partial charge >= 0.3 is 5.97 Å². The number of nitrogens with one attached hydrogen (secondary N) is 5. The SMILES string of the molecule is N=CC(=O)CC[C@H](NC(=O)[C@H](Cc1c[nH]c2ccccc12)NC1CNC(=O)C1)C(=O)O. The van der Waals surface area contributed by atoms with Gasteiger partial charge in [0.2, 0.25) is 11.8 Å². The molecule has 3 atom stereocenters. The average molecular weight is 427 g/mol. The number of carboxylic acids is 1. The zero-order chi connectivity index (χ0) is 22.4. The zero-order valence-electron chi connectivity index (χ0n) is 16.8. The van der Waals surface area contributed by atoms with E-state index >= 15 is 0 Å². The first-order chi connectivity index (χ1) is 14.9. The fourth-order valence-corrected chi connectivity index (χ4v) is 3.64. The lowest BCUT2D eigenvalue weighted by Crippen LogP contribution is -2.53. The Balaban J connectivity index is 1.76. The van der Waals surface area contributed by atoms with Crippen LogP contribution in [0.3, 0.4) is 0 Å². The molecule has 6 N–H and O–H groups in total. The number of fused-ring (bicyclic) bond motifs is 1. The summed E-state index contributed by atoms with van der Waals surface area (Å²) in [5.74, 6) is -2.41. The maximum Gasteiger partial charge on any atom is 0.326 e. The number of benzene rings is 1. The van der Waals surface area contributed by atoms with Crippen molar-refractivity contribution < 1.29 is 24.3 Å². The third kappa shape index (κ3) is 5.76. The number of carbonyl (C=O) groups excluding carboxylic acids is 3. The smallest absolute Gasteiger partial charge is 0.326 e. The number of carbonyl (C=O) groups is 4. The fourth-order valence-electron chi connectivity index (χ4n) is 3.64. The molecule has 10 heteroatoms. The van der Waals surface area contributed by atoms with E-state index in [1.807, 2.05) is 30.5 Å². The largest absolute Gasteiger partial charge is 0.480 e. The normalized spacial score (nSPS) is 17.7. The summed E-state index contributed by atoms with van der Waals surface area (Å²) >= 11 is 0. The first-order valence-corrected chi connectivity index (χ1v) is 10.0. The highest BCUT2D eigenvalue weighted by molar-refractivity contribution is 6.26. The monoisotopic (exact) mass is 427 g/mol. The second-order valence-corrected chi connectivity index (χ2v) is 7.54. The lowest BCUT2D eigenvalue weighted by Gasteiger charge is -2.23. The van der Waals surface area contributed by atoms with E-state index in [1.54, 1.807) is 0 Å². The van der Waals surface area contributed by atoms with Gasteiger partial charge in [-0.3, -0.25) is 14.4 Å². The van der Waals surface area contributed by atoms with E-state index in [1.165, 1.54) is 0 Å². The molecule has 1 unspecified atom stereocenters. The number of amides is 2. The van der Waals surface area contributed by atoms with Crippen molar-refractivity contribution in [2.75, 3.05) is 6.54 Å². The van der Waals surface area contributed by atoms with Crippen molar-refractivity contribution in [3.8, 4) is 0 Å². The van der Waals surface area contributed by atoms with Gasteiger partial charge in [0.05, 0.1) is 12.3 Å². The first kappa shape index (κ1) is 22.2. The Bertz CT molecular complexity index is 1000. The molecule has 1 aliphatic rings. The fraction of sp³-hybridized carbons (Fsp3) is 0.381. The average Bonchev–Trinajstić information content (AvgIpc) is 3.35. The van der Waals surface area contributed by atoms with Gasteiger partial charge in [-0.15, -0.1) is 0 Å². The molecular weight excluding hydrogens is 402 g/mol. The molecule has 1 aromatic carbocycles. The highest BCUT2D eigenvalue weighted by Gasteiger charge is 2.30. The summed E-state index contributed by atoms with van der Waals surface area (Å²) in [4.78, 5) is 50.7. The highest BCUT2D eigenvalue weighted by atomic mass is 16.4. The Kier molecular flexibility index (Phi) is 7.14. The van der Waals surface area contributed by atoms with Crippen molar-refractivity contribution in [2.24, 2.45) is 0 Å². The molecule has 2 heterocycles. The van der Waals surface area contributed by atoms with E-state index in [0.717, 1.165) is 16.5 Å². The summed E-state index contributed by atoms with van der Waals surface area (Å²) in [5.41, 5.74) is 1.80. The molecule has 31 heavy (non-hydrogen) atoms. The molecule has 10 nitrogen and oxygen atoms in total. The van der Waals surface area contributed by atoms with Gasteiger partial charge in [0, 0.05) is 42.5 Å². The molecule has 0 spiro atoms. The molecule has 3 rings (SSSR count). The summed E-state index contributed by atoms with van der Waals surface area (Å²) in [7, 11) is 0. The van der Waals surface area contributed by atoms with E-state index in [2.05, 4.69) is 20.9 Å². The maximum atomic E-state index is 13.0. The van der Waals surface area contributed by atoms with Crippen LogP contribution in [-0.4, -0.2) is 64.5 Å². The number of para-hydroxylation sites is 1. The molecule has 0 saturated carbocycles. The summed E-state index contributed by atoms with van der Waals surface area (Å²) in [6, 6.07) is 5.35. The molecule has 1 aliphatic heterocycles. The molecule has 2 amide bonds. The highest BCUT2D eigenvalue weighted by Crippen LogP contribution is 2.20. The molecule has 164 valence electrons. The van der Waals surface area contributed by atoms with Crippen LogP contribution in [0.5, 0.6) is 0 Å². The molecule has 1 aromatic heterocycles. The van der Waals surface area contributed by atoms with E-state index in [0.29, 0.717) is 12.8 Å². The minimum atomic E-state index is -1.26. The van der Waals surface area contributed by atoms with Crippen molar-refractivity contribution in [1.82, 2.24) is 20.9 Å². The molecule has 1 saturated heterocycles. The van der Waals surface area contributed by atoms with Crippen molar-refractivity contribution in [1.29, 1.82) is 5.41 Å². The van der Waals surface area contributed by atoms with Crippen LogP contribution < -0.4 is 16.0 Å². The second-order valence-electron chi connectivity index (χ2n) is 7.54. The number of hydrogen-bond acceptors (Lipinski definition) is 6. The lowest BCUT2D eigenvalue weighted by atomic mass is 10.0. The summed E-state index contributed by atoms with van der Waals surface area (Å²) < 4.78 is 0. The number of rotatable bonds is 11. The number of aromatic amines is 1. The lowest BCUT2D eigenvalue weighted by molar-refractivity contribution is -0.142. The van der Waals surface area contributed by atoms with E-state index in [4.69, 9.17) is 5.41 Å². The van der Waals surface area contributed by atoms with Crippen LogP contribution in [0.25, 0.3) is 10.9 Å². The Morgan fingerprint density at radius 3 is 2.71 bits per heavy atom. The van der Waals surface area contributed by atoms with Gasteiger partial charge in [0.15, 0.2) is 5.78 Å². The number of aliphatic carboxylic acids is 1. The van der Waals surface area contributed by atoms with Crippen LogP contribution in [0, 0.1) is 5.41 Å². The minimum Gasteiger partial charge on any atom is -0.480 e. The molecule has 1 fully saturated rings. The number of H-pyrrole nitrogens is 1. The summed E-state index contributed by atoms with van der Waals surface area (Å²) in [6.07, 6.45) is 2.69. The molecule has 0 radical (unpaired) electrons. The van der Waals surface area contributed by atoms with Gasteiger partial charge in [-0.05, 0) is 24.5 Å².